The van der Waals surface area contributed by atoms with E-state index in [9.17, 15) is 9.18 Å². The summed E-state index contributed by atoms with van der Waals surface area (Å²) in [6, 6.07) is 19.9. The fourth-order valence-corrected chi connectivity index (χ4v) is 3.92. The van der Waals surface area contributed by atoms with E-state index < -0.39 is 0 Å². The minimum Gasteiger partial charge on any atom is -0.293 e. The zero-order chi connectivity index (χ0) is 21.1. The Kier molecular flexibility index (Phi) is 6.18. The molecule has 0 N–H and O–H groups in total. The summed E-state index contributed by atoms with van der Waals surface area (Å²) >= 11 is 13.1. The fourth-order valence-electron chi connectivity index (χ4n) is 2.82. The lowest BCUT2D eigenvalue weighted by atomic mass is 10.1. The van der Waals surface area contributed by atoms with E-state index in [-0.39, 0.29) is 17.4 Å². The molecular formula is C22H14Cl2FN3OS. The van der Waals surface area contributed by atoms with Crippen molar-refractivity contribution in [1.29, 1.82) is 0 Å². The predicted molar refractivity (Wildman–Crippen MR) is 118 cm³/mol. The maximum atomic E-state index is 13.5. The van der Waals surface area contributed by atoms with E-state index in [0.717, 1.165) is 5.56 Å². The first-order valence-electron chi connectivity index (χ1n) is 8.90. The van der Waals surface area contributed by atoms with Gasteiger partial charge in [-0.15, -0.1) is 10.2 Å². The third-order valence-corrected chi connectivity index (χ3v) is 5.75. The molecule has 1 aromatic heterocycles. The highest BCUT2D eigenvalue weighted by Crippen LogP contribution is 2.29. The Morgan fingerprint density at radius 2 is 1.47 bits per heavy atom. The van der Waals surface area contributed by atoms with E-state index in [1.165, 1.54) is 23.9 Å². The number of aromatic nitrogens is 3. The van der Waals surface area contributed by atoms with Crippen LogP contribution in [0.15, 0.2) is 78.0 Å². The highest BCUT2D eigenvalue weighted by atomic mass is 35.5. The SMILES string of the molecule is O=C(CSc1nnc(-c2ccc(Cl)cc2)n1-c1ccc(F)cc1)c1ccc(Cl)cc1. The summed E-state index contributed by atoms with van der Waals surface area (Å²) in [7, 11) is 0. The van der Waals surface area contributed by atoms with Crippen LogP contribution in [0.2, 0.25) is 10.0 Å². The number of hydrogen-bond acceptors (Lipinski definition) is 4. The lowest BCUT2D eigenvalue weighted by Gasteiger charge is -2.10. The predicted octanol–water partition coefficient (Wildman–Crippen LogP) is 6.36. The van der Waals surface area contributed by atoms with Crippen molar-refractivity contribution in [3.8, 4) is 17.1 Å². The molecule has 150 valence electrons. The van der Waals surface area contributed by atoms with E-state index >= 15 is 0 Å². The molecule has 4 aromatic rings. The average Bonchev–Trinajstić information content (AvgIpc) is 3.17. The Morgan fingerprint density at radius 3 is 2.10 bits per heavy atom. The number of hydrogen-bond donors (Lipinski definition) is 0. The quantitative estimate of drug-likeness (QED) is 0.249. The summed E-state index contributed by atoms with van der Waals surface area (Å²) in [5, 5.41) is 10.3. The molecule has 0 unspecified atom stereocenters. The molecule has 0 spiro atoms. The number of carbonyl (C=O) groups excluding carboxylic acids is 1. The molecule has 1 heterocycles. The van der Waals surface area contributed by atoms with Crippen LogP contribution in [-0.4, -0.2) is 26.3 Å². The number of benzene rings is 3. The first-order valence-corrected chi connectivity index (χ1v) is 10.6. The molecule has 0 saturated heterocycles. The van der Waals surface area contributed by atoms with Crippen LogP contribution in [0.5, 0.6) is 0 Å². The molecule has 0 aliphatic rings. The zero-order valence-electron chi connectivity index (χ0n) is 15.4. The molecule has 0 aliphatic carbocycles. The zero-order valence-corrected chi connectivity index (χ0v) is 17.8. The van der Waals surface area contributed by atoms with Gasteiger partial charge < -0.3 is 0 Å². The van der Waals surface area contributed by atoms with Gasteiger partial charge in [-0.1, -0.05) is 35.0 Å². The van der Waals surface area contributed by atoms with E-state index in [1.54, 1.807) is 53.1 Å². The second kappa shape index (κ2) is 9.00. The van der Waals surface area contributed by atoms with Crippen molar-refractivity contribution in [3.05, 3.63) is 94.2 Å². The van der Waals surface area contributed by atoms with Crippen LogP contribution in [0.3, 0.4) is 0 Å². The van der Waals surface area contributed by atoms with Crippen molar-refractivity contribution in [2.75, 3.05) is 5.75 Å². The number of carbonyl (C=O) groups is 1. The molecule has 0 saturated carbocycles. The molecular weight excluding hydrogens is 444 g/mol. The monoisotopic (exact) mass is 457 g/mol. The lowest BCUT2D eigenvalue weighted by Crippen LogP contribution is -2.05. The minimum atomic E-state index is -0.341. The number of halogens is 3. The molecule has 0 fully saturated rings. The highest BCUT2D eigenvalue weighted by Gasteiger charge is 2.18. The van der Waals surface area contributed by atoms with Crippen LogP contribution < -0.4 is 0 Å². The highest BCUT2D eigenvalue weighted by molar-refractivity contribution is 7.99. The van der Waals surface area contributed by atoms with Crippen molar-refractivity contribution in [1.82, 2.24) is 14.8 Å². The molecule has 0 atom stereocenters. The van der Waals surface area contributed by atoms with E-state index in [1.807, 2.05) is 12.1 Å². The van der Waals surface area contributed by atoms with Gasteiger partial charge in [-0.25, -0.2) is 4.39 Å². The molecule has 3 aromatic carbocycles. The first-order chi connectivity index (χ1) is 14.5. The smallest absolute Gasteiger partial charge is 0.196 e. The molecule has 0 amide bonds. The topological polar surface area (TPSA) is 47.8 Å². The van der Waals surface area contributed by atoms with Gasteiger partial charge in [0, 0.05) is 26.9 Å². The Hall–Kier alpha value is -2.67. The van der Waals surface area contributed by atoms with Gasteiger partial charge in [0.15, 0.2) is 16.8 Å². The van der Waals surface area contributed by atoms with Crippen molar-refractivity contribution in [2.24, 2.45) is 0 Å². The molecule has 0 radical (unpaired) electrons. The van der Waals surface area contributed by atoms with Gasteiger partial charge in [0.2, 0.25) is 0 Å². The maximum absolute atomic E-state index is 13.5. The normalized spacial score (nSPS) is 10.9. The molecule has 4 rings (SSSR count). The summed E-state index contributed by atoms with van der Waals surface area (Å²) in [6.07, 6.45) is 0. The summed E-state index contributed by atoms with van der Waals surface area (Å²) in [5.41, 5.74) is 2.05. The maximum Gasteiger partial charge on any atom is 0.196 e. The van der Waals surface area contributed by atoms with Crippen LogP contribution in [0, 0.1) is 5.82 Å². The Morgan fingerprint density at radius 1 is 0.867 bits per heavy atom. The van der Waals surface area contributed by atoms with Gasteiger partial charge in [-0.3, -0.25) is 9.36 Å². The van der Waals surface area contributed by atoms with Crippen LogP contribution in [-0.2, 0) is 0 Å². The average molecular weight is 458 g/mol. The van der Waals surface area contributed by atoms with Gasteiger partial charge in [-0.2, -0.15) is 0 Å². The fraction of sp³-hybridized carbons (Fsp3) is 0.0455. The van der Waals surface area contributed by atoms with Crippen molar-refractivity contribution in [2.45, 2.75) is 5.16 Å². The van der Waals surface area contributed by atoms with Gasteiger partial charge in [0.1, 0.15) is 5.82 Å². The van der Waals surface area contributed by atoms with Gasteiger partial charge in [0.25, 0.3) is 0 Å². The van der Waals surface area contributed by atoms with Crippen LogP contribution in [0.4, 0.5) is 4.39 Å². The van der Waals surface area contributed by atoms with Gasteiger partial charge >= 0.3 is 0 Å². The van der Waals surface area contributed by atoms with Crippen molar-refractivity contribution >= 4 is 40.7 Å². The molecule has 8 heteroatoms. The van der Waals surface area contributed by atoms with E-state index in [4.69, 9.17) is 23.2 Å². The number of Topliss-reactive ketones (excluding diaryl/α,β-unsaturated/α-hetero) is 1. The number of ketones is 1. The van der Waals surface area contributed by atoms with Gasteiger partial charge in [-0.05, 0) is 72.8 Å². The minimum absolute atomic E-state index is 0.0571. The summed E-state index contributed by atoms with van der Waals surface area (Å²) in [5.74, 6) is 0.340. The van der Waals surface area contributed by atoms with Crippen molar-refractivity contribution < 1.29 is 9.18 Å². The van der Waals surface area contributed by atoms with Crippen molar-refractivity contribution in [3.63, 3.8) is 0 Å². The molecule has 4 nitrogen and oxygen atoms in total. The molecule has 30 heavy (non-hydrogen) atoms. The summed E-state index contributed by atoms with van der Waals surface area (Å²) in [6.45, 7) is 0. The number of rotatable bonds is 6. The Bertz CT molecular complexity index is 1180. The number of thioether (sulfide) groups is 1. The number of nitrogens with zero attached hydrogens (tertiary/aromatic N) is 3. The molecule has 0 aliphatic heterocycles. The Labute approximate surface area is 186 Å². The largest absolute Gasteiger partial charge is 0.293 e. The van der Waals surface area contributed by atoms with Crippen LogP contribution >= 0.6 is 35.0 Å². The standard InChI is InChI=1S/C22H14Cl2FN3OS/c23-16-5-1-14(2-6-16)20(29)13-30-22-27-26-21(15-3-7-17(24)8-4-15)28(22)19-11-9-18(25)10-12-19/h1-12H,13H2. The van der Waals surface area contributed by atoms with Crippen LogP contribution in [0.25, 0.3) is 17.1 Å². The van der Waals surface area contributed by atoms with Gasteiger partial charge in [0.05, 0.1) is 5.75 Å². The molecule has 0 bridgehead atoms. The van der Waals surface area contributed by atoms with E-state index in [2.05, 4.69) is 10.2 Å². The van der Waals surface area contributed by atoms with Crippen LogP contribution in [0.1, 0.15) is 10.4 Å². The summed E-state index contributed by atoms with van der Waals surface area (Å²) < 4.78 is 15.2. The third-order valence-electron chi connectivity index (χ3n) is 4.32. The lowest BCUT2D eigenvalue weighted by molar-refractivity contribution is 0.102. The third kappa shape index (κ3) is 4.56. The Balaban J connectivity index is 1.67. The summed E-state index contributed by atoms with van der Waals surface area (Å²) in [4.78, 5) is 12.6. The second-order valence-electron chi connectivity index (χ2n) is 6.34. The second-order valence-corrected chi connectivity index (χ2v) is 8.16. The first kappa shape index (κ1) is 20.6. The van der Waals surface area contributed by atoms with E-state index in [0.29, 0.717) is 32.3 Å².